The van der Waals surface area contributed by atoms with E-state index < -0.39 is 21.4 Å². The standard InChI is InChI=1S/C42H27N2OP.2C36H22NOPS/c45-46(29-16-5-2-6-17-29)39-25-12-9-18-30(39)31-26-27-38-41(42(31)46)33-20-8-11-22-35(33)44(38)37-24-13-23-36-40(37)32-19-7-10-21-34(32)43(36)28-14-3-1-4-15-28;38-39(24-10-2-1-3-11-24)32-16-8-5-12-25(32)27-19-20-31-35(36(27)39)28-14-4-7-15-30(28)37(31)23-18-21-34-29(22-23)26-13-6-9-17-33(26)40-34;38-39(24-10-2-1-3-11-24)32-16-8-5-12-25(32)28-20-21-31-35(36(28)39)29-14-4-7-15-30(29)37(31)23-18-19-27-26-13-6-9-17-33(26)40-34(27)22-23/h1-27H;2*1-22H. The van der Waals surface area contributed by atoms with Crippen LogP contribution in [0.5, 0.6) is 0 Å². The fourth-order valence-corrected chi connectivity index (χ4v) is 33.4. The van der Waals surface area contributed by atoms with Crippen LogP contribution in [0.4, 0.5) is 0 Å². The van der Waals surface area contributed by atoms with E-state index in [9.17, 15) is 0 Å². The smallest absolute Gasteiger partial charge is 0.172 e. The van der Waals surface area contributed by atoms with E-state index in [1.807, 2.05) is 132 Å². The van der Waals surface area contributed by atoms with Gasteiger partial charge in [0.2, 0.25) is 0 Å². The number of benzene rings is 19. The number of thiophene rings is 2. The van der Waals surface area contributed by atoms with Crippen molar-refractivity contribution in [2.75, 3.05) is 0 Å². The van der Waals surface area contributed by atoms with Crippen molar-refractivity contribution in [1.82, 2.24) is 18.3 Å². The molecule has 0 bridgehead atoms. The van der Waals surface area contributed by atoms with Gasteiger partial charge in [-0.05, 0) is 143 Å². The zero-order valence-electron chi connectivity index (χ0n) is 67.7. The summed E-state index contributed by atoms with van der Waals surface area (Å²) >= 11 is 3.67. The van der Waals surface area contributed by atoms with Crippen LogP contribution in [0.15, 0.2) is 431 Å². The molecule has 28 rings (SSSR count). The summed E-state index contributed by atoms with van der Waals surface area (Å²) in [5.74, 6) is 0. The van der Waals surface area contributed by atoms with Gasteiger partial charge >= 0.3 is 0 Å². The molecule has 25 aromatic rings. The largest absolute Gasteiger partial charge is 0.309 e. The van der Waals surface area contributed by atoms with E-state index in [-0.39, 0.29) is 0 Å². The van der Waals surface area contributed by atoms with E-state index in [1.54, 1.807) is 0 Å². The lowest BCUT2D eigenvalue weighted by atomic mass is 10.0. The van der Waals surface area contributed by atoms with Crippen molar-refractivity contribution in [3.05, 3.63) is 431 Å². The average Bonchev–Trinajstić information content (AvgIpc) is 1.53. The third-order valence-corrected chi connectivity index (χ3v) is 38.4. The minimum absolute atomic E-state index is 0.874. The van der Waals surface area contributed by atoms with Crippen LogP contribution >= 0.6 is 44.1 Å². The first kappa shape index (κ1) is 73.1. The van der Waals surface area contributed by atoms with Gasteiger partial charge in [0.25, 0.3) is 0 Å². The van der Waals surface area contributed by atoms with Crippen LogP contribution in [0.3, 0.4) is 0 Å². The van der Waals surface area contributed by atoms with Gasteiger partial charge in [0.1, 0.15) is 0 Å². The first-order valence-electron chi connectivity index (χ1n) is 42.6. The topological polar surface area (TPSA) is 70.9 Å². The Hall–Kier alpha value is -14.5. The zero-order chi connectivity index (χ0) is 83.3. The van der Waals surface area contributed by atoms with Crippen LogP contribution < -0.4 is 47.7 Å². The molecule has 0 spiro atoms. The normalized spacial score (nSPS) is 16.0. The Morgan fingerprint density at radius 2 is 0.492 bits per heavy atom. The Morgan fingerprint density at radius 3 is 0.952 bits per heavy atom. The molecule has 0 amide bonds. The first-order chi connectivity index (χ1) is 62.2. The first-order valence-corrected chi connectivity index (χ1v) is 49.4. The van der Waals surface area contributed by atoms with Gasteiger partial charge in [-0.3, -0.25) is 0 Å². The summed E-state index contributed by atoms with van der Waals surface area (Å²) in [4.78, 5) is 0. The van der Waals surface area contributed by atoms with Crippen molar-refractivity contribution < 1.29 is 13.7 Å². The molecule has 0 fully saturated rings. The Kier molecular flexibility index (Phi) is 16.2. The average molecular weight is 1700 g/mol. The van der Waals surface area contributed by atoms with Crippen molar-refractivity contribution in [2.24, 2.45) is 0 Å². The molecule has 3 unspecified atom stereocenters. The highest BCUT2D eigenvalue weighted by Gasteiger charge is 2.46. The van der Waals surface area contributed by atoms with Gasteiger partial charge < -0.3 is 32.0 Å². The fourth-order valence-electron chi connectivity index (χ4n) is 21.3. The quantitative estimate of drug-likeness (QED) is 0.149. The zero-order valence-corrected chi connectivity index (χ0v) is 72.0. The molecule has 0 radical (unpaired) electrons. The maximum absolute atomic E-state index is 15.8. The molecule has 126 heavy (non-hydrogen) atoms. The molecule has 9 heterocycles. The van der Waals surface area contributed by atoms with E-state index >= 15 is 13.7 Å². The SMILES string of the molecule is O=P1(c2ccccc2)c2ccccc2-c2ccc3c(c21)c1ccccc1n3-c1ccc2c(c1)sc1ccccc12.O=P1(c2ccccc2)c2ccccc2-c2ccc3c(c21)c1ccccc1n3-c1ccc2sc3ccccc3c2c1.O=P1(c2ccccc2)c2ccccc2-c2ccc3c(c21)c1ccccc1n3-c1cccc2c1c1ccccc1n2-c1ccccc1. The Labute approximate surface area is 732 Å². The van der Waals surface area contributed by atoms with Gasteiger partial charge in [-0.2, -0.15) is 0 Å². The third kappa shape index (κ3) is 10.3. The van der Waals surface area contributed by atoms with E-state index in [0.29, 0.717) is 0 Å². The highest BCUT2D eigenvalue weighted by Crippen LogP contribution is 2.59. The molecular weight excluding hydrogens is 1630 g/mol. The minimum Gasteiger partial charge on any atom is -0.309 e. The van der Waals surface area contributed by atoms with E-state index in [0.717, 1.165) is 175 Å². The summed E-state index contributed by atoms with van der Waals surface area (Å²) in [7, 11) is -9.38. The second kappa shape index (κ2) is 28.0. The predicted octanol–water partition coefficient (Wildman–Crippen LogP) is 27.0. The van der Waals surface area contributed by atoms with Crippen molar-refractivity contribution in [1.29, 1.82) is 0 Å². The summed E-state index contributed by atoms with van der Waals surface area (Å²) in [6, 6.07) is 151. The van der Waals surface area contributed by atoms with Gasteiger partial charge in [-0.15, -0.1) is 22.7 Å². The van der Waals surface area contributed by atoms with Crippen LogP contribution in [-0.4, -0.2) is 18.3 Å². The Balaban J connectivity index is 0.000000101. The molecule has 3 atom stereocenters. The van der Waals surface area contributed by atoms with Gasteiger partial charge in [-0.1, -0.05) is 322 Å². The molecule has 0 saturated carbocycles. The van der Waals surface area contributed by atoms with Crippen molar-refractivity contribution in [3.8, 4) is 56.1 Å². The molecule has 19 aromatic carbocycles. The summed E-state index contributed by atoms with van der Waals surface area (Å²) < 4.78 is 61.5. The van der Waals surface area contributed by atoms with Gasteiger partial charge in [0.05, 0.1) is 49.8 Å². The number of hydrogen-bond donors (Lipinski definition) is 0. The van der Waals surface area contributed by atoms with E-state index in [4.69, 9.17) is 0 Å². The van der Waals surface area contributed by atoms with E-state index in [2.05, 4.69) is 340 Å². The van der Waals surface area contributed by atoms with Gasteiger partial charge in [0.15, 0.2) is 21.4 Å². The number of aromatic nitrogens is 4. The van der Waals surface area contributed by atoms with Crippen molar-refractivity contribution in [3.63, 3.8) is 0 Å². The number of nitrogens with zero attached hydrogens (tertiary/aromatic N) is 4. The third-order valence-electron chi connectivity index (χ3n) is 26.5. The molecule has 0 saturated heterocycles. The van der Waals surface area contributed by atoms with Crippen molar-refractivity contribution >= 4 is 219 Å². The molecule has 12 heteroatoms. The highest BCUT2D eigenvalue weighted by atomic mass is 32.1. The molecule has 592 valence electrons. The van der Waals surface area contributed by atoms with E-state index in [1.165, 1.54) is 56.6 Å². The van der Waals surface area contributed by atoms with Gasteiger partial charge in [0, 0.05) is 148 Å². The Morgan fingerprint density at radius 1 is 0.183 bits per heavy atom. The molecule has 0 N–H and O–H groups in total. The van der Waals surface area contributed by atoms with Crippen molar-refractivity contribution in [2.45, 2.75) is 0 Å². The molecule has 3 aliphatic heterocycles. The number of rotatable bonds is 7. The molecule has 7 nitrogen and oxygen atoms in total. The summed E-state index contributed by atoms with van der Waals surface area (Å²) in [6.45, 7) is 0. The number of fused-ring (bicyclic) bond motifs is 30. The molecular formula is C114H71N4O3P3S2. The van der Waals surface area contributed by atoms with Crippen LogP contribution in [0, 0.1) is 0 Å². The second-order valence-corrected chi connectivity index (χ2v) is 43.1. The fraction of sp³-hybridized carbons (Fsp3) is 0. The van der Waals surface area contributed by atoms with Gasteiger partial charge in [-0.25, -0.2) is 0 Å². The molecule has 3 aliphatic rings. The maximum Gasteiger partial charge on any atom is 0.172 e. The van der Waals surface area contributed by atoms with Crippen LogP contribution in [-0.2, 0) is 13.7 Å². The molecule has 0 aliphatic carbocycles. The van der Waals surface area contributed by atoms with Crippen LogP contribution in [0.1, 0.15) is 0 Å². The second-order valence-electron chi connectivity index (χ2n) is 32.9. The lowest BCUT2D eigenvalue weighted by Gasteiger charge is -2.17. The number of hydrogen-bond acceptors (Lipinski definition) is 5. The van der Waals surface area contributed by atoms with Crippen LogP contribution in [0.2, 0.25) is 0 Å². The van der Waals surface area contributed by atoms with Crippen LogP contribution in [0.25, 0.3) is 184 Å². The monoisotopic (exact) mass is 1700 g/mol. The Bertz CT molecular complexity index is 9110. The lowest BCUT2D eigenvalue weighted by Crippen LogP contribution is -2.21. The maximum atomic E-state index is 15.8. The minimum atomic E-state index is -3.17. The number of para-hydroxylation sites is 5. The summed E-state index contributed by atoms with van der Waals surface area (Å²) in [6.07, 6.45) is 0. The predicted molar refractivity (Wildman–Crippen MR) is 538 cm³/mol. The summed E-state index contributed by atoms with van der Waals surface area (Å²) in [5.41, 5.74) is 19.8. The molecule has 6 aromatic heterocycles. The lowest BCUT2D eigenvalue weighted by molar-refractivity contribution is 0.592. The highest BCUT2D eigenvalue weighted by molar-refractivity contribution is 7.88. The summed E-state index contributed by atoms with van der Waals surface area (Å²) in [5, 5.41) is 22.5.